The van der Waals surface area contributed by atoms with E-state index in [1.54, 1.807) is 6.07 Å². The van der Waals surface area contributed by atoms with Gasteiger partial charge in [-0.25, -0.2) is 9.37 Å². The standard InChI is InChI=1S/C13H11ClFNO2S/c1-18-12(17)5-3-9-7-19-13(16-9)10-4-2-8(15)6-11(10)14/h2,4,6-7H,3,5H2,1H3. The van der Waals surface area contributed by atoms with Crippen molar-refractivity contribution >= 4 is 28.9 Å². The lowest BCUT2D eigenvalue weighted by molar-refractivity contribution is -0.140. The van der Waals surface area contributed by atoms with Gasteiger partial charge in [-0.2, -0.15) is 0 Å². The number of aromatic nitrogens is 1. The molecule has 0 saturated carbocycles. The highest BCUT2D eigenvalue weighted by molar-refractivity contribution is 7.13. The predicted octanol–water partition coefficient (Wildman–Crippen LogP) is 3.71. The summed E-state index contributed by atoms with van der Waals surface area (Å²) in [5, 5.41) is 2.90. The van der Waals surface area contributed by atoms with Gasteiger partial charge in [-0.3, -0.25) is 4.79 Å². The molecule has 1 aromatic carbocycles. The number of hydrogen-bond acceptors (Lipinski definition) is 4. The van der Waals surface area contributed by atoms with E-state index in [0.29, 0.717) is 22.0 Å². The molecule has 0 radical (unpaired) electrons. The Labute approximate surface area is 119 Å². The Hall–Kier alpha value is -1.46. The second-order valence-corrected chi connectivity index (χ2v) is 5.11. The van der Waals surface area contributed by atoms with E-state index >= 15 is 0 Å². The molecule has 0 aliphatic heterocycles. The molecule has 0 spiro atoms. The van der Waals surface area contributed by atoms with Crippen molar-refractivity contribution in [3.63, 3.8) is 0 Å². The Morgan fingerprint density at radius 3 is 3.00 bits per heavy atom. The fourth-order valence-corrected chi connectivity index (χ4v) is 2.75. The van der Waals surface area contributed by atoms with Gasteiger partial charge in [0.25, 0.3) is 0 Å². The van der Waals surface area contributed by atoms with Crippen LogP contribution in [-0.4, -0.2) is 18.1 Å². The number of carbonyl (C=O) groups is 1. The van der Waals surface area contributed by atoms with Crippen LogP contribution in [0.3, 0.4) is 0 Å². The summed E-state index contributed by atoms with van der Waals surface area (Å²) >= 11 is 7.39. The average Bonchev–Trinajstić information content (AvgIpc) is 2.84. The summed E-state index contributed by atoms with van der Waals surface area (Å²) in [4.78, 5) is 15.4. The maximum atomic E-state index is 13.0. The number of ether oxygens (including phenoxy) is 1. The summed E-state index contributed by atoms with van der Waals surface area (Å²) in [6.45, 7) is 0. The van der Waals surface area contributed by atoms with Crippen molar-refractivity contribution in [3.05, 3.63) is 40.1 Å². The molecule has 0 fully saturated rings. The molecule has 2 aromatic rings. The lowest BCUT2D eigenvalue weighted by atomic mass is 10.2. The van der Waals surface area contributed by atoms with Gasteiger partial charge in [-0.05, 0) is 18.2 Å². The summed E-state index contributed by atoms with van der Waals surface area (Å²) in [6.07, 6.45) is 0.804. The number of esters is 1. The minimum atomic E-state index is -0.378. The Kier molecular flexibility index (Phi) is 4.50. The molecule has 0 N–H and O–H groups in total. The van der Waals surface area contributed by atoms with Crippen LogP contribution in [0.4, 0.5) is 4.39 Å². The van der Waals surface area contributed by atoms with Crippen LogP contribution in [0.25, 0.3) is 10.6 Å². The van der Waals surface area contributed by atoms with Gasteiger partial charge in [-0.15, -0.1) is 11.3 Å². The van der Waals surface area contributed by atoms with Crippen LogP contribution in [0.2, 0.25) is 5.02 Å². The Balaban J connectivity index is 2.14. The highest BCUT2D eigenvalue weighted by atomic mass is 35.5. The molecule has 19 heavy (non-hydrogen) atoms. The second-order valence-electron chi connectivity index (χ2n) is 3.84. The third-order valence-electron chi connectivity index (χ3n) is 2.53. The van der Waals surface area contributed by atoms with Gasteiger partial charge in [0.15, 0.2) is 0 Å². The maximum absolute atomic E-state index is 13.0. The van der Waals surface area contributed by atoms with Crippen molar-refractivity contribution < 1.29 is 13.9 Å². The molecule has 0 unspecified atom stereocenters. The van der Waals surface area contributed by atoms with Crippen molar-refractivity contribution in [2.75, 3.05) is 7.11 Å². The van der Waals surface area contributed by atoms with E-state index in [4.69, 9.17) is 11.6 Å². The Morgan fingerprint density at radius 1 is 1.53 bits per heavy atom. The lowest BCUT2D eigenvalue weighted by Gasteiger charge is -2.00. The van der Waals surface area contributed by atoms with Gasteiger partial charge < -0.3 is 4.74 Å². The van der Waals surface area contributed by atoms with Gasteiger partial charge in [0, 0.05) is 17.4 Å². The van der Waals surface area contributed by atoms with E-state index in [2.05, 4.69) is 9.72 Å². The number of benzene rings is 1. The van der Waals surface area contributed by atoms with Crippen LogP contribution >= 0.6 is 22.9 Å². The summed E-state index contributed by atoms with van der Waals surface area (Å²) in [6, 6.07) is 4.20. The predicted molar refractivity (Wildman–Crippen MR) is 72.9 cm³/mol. The molecule has 0 aliphatic carbocycles. The van der Waals surface area contributed by atoms with E-state index in [-0.39, 0.29) is 18.2 Å². The molecule has 0 bridgehead atoms. The molecule has 0 amide bonds. The Morgan fingerprint density at radius 2 is 2.32 bits per heavy atom. The molecule has 1 heterocycles. The second kappa shape index (κ2) is 6.12. The normalized spacial score (nSPS) is 10.5. The van der Waals surface area contributed by atoms with E-state index < -0.39 is 0 Å². The molecular formula is C13H11ClFNO2S. The van der Waals surface area contributed by atoms with Crippen LogP contribution < -0.4 is 0 Å². The number of rotatable bonds is 4. The van der Waals surface area contributed by atoms with Crippen LogP contribution in [0.5, 0.6) is 0 Å². The van der Waals surface area contributed by atoms with Gasteiger partial charge in [0.2, 0.25) is 0 Å². The molecule has 0 atom stereocenters. The van der Waals surface area contributed by atoms with Crippen LogP contribution in [0.1, 0.15) is 12.1 Å². The summed E-state index contributed by atoms with van der Waals surface area (Å²) < 4.78 is 17.5. The first kappa shape index (κ1) is 14.0. The summed E-state index contributed by atoms with van der Waals surface area (Å²) in [7, 11) is 1.35. The lowest BCUT2D eigenvalue weighted by Crippen LogP contribution is -2.01. The van der Waals surface area contributed by atoms with E-state index in [1.807, 2.05) is 5.38 Å². The maximum Gasteiger partial charge on any atom is 0.305 e. The topological polar surface area (TPSA) is 39.2 Å². The summed E-state index contributed by atoms with van der Waals surface area (Å²) in [5.74, 6) is -0.648. The van der Waals surface area contributed by atoms with Crippen LogP contribution in [-0.2, 0) is 16.0 Å². The molecule has 3 nitrogen and oxygen atoms in total. The fraction of sp³-hybridized carbons (Fsp3) is 0.231. The summed E-state index contributed by atoms with van der Waals surface area (Å²) in [5.41, 5.74) is 1.49. The largest absolute Gasteiger partial charge is 0.469 e. The van der Waals surface area contributed by atoms with E-state index in [0.717, 1.165) is 5.69 Å². The molecule has 100 valence electrons. The van der Waals surface area contributed by atoms with Crippen molar-refractivity contribution in [2.24, 2.45) is 0 Å². The first-order valence-electron chi connectivity index (χ1n) is 5.57. The zero-order chi connectivity index (χ0) is 13.8. The molecule has 0 aliphatic rings. The molecular weight excluding hydrogens is 289 g/mol. The van der Waals surface area contributed by atoms with Gasteiger partial charge in [0.1, 0.15) is 10.8 Å². The van der Waals surface area contributed by atoms with Gasteiger partial charge in [0.05, 0.1) is 24.2 Å². The highest BCUT2D eigenvalue weighted by Crippen LogP contribution is 2.31. The number of methoxy groups -OCH3 is 1. The zero-order valence-electron chi connectivity index (χ0n) is 10.2. The fourth-order valence-electron chi connectivity index (χ4n) is 1.54. The van der Waals surface area contributed by atoms with Crippen LogP contribution in [0, 0.1) is 5.82 Å². The molecule has 6 heteroatoms. The van der Waals surface area contributed by atoms with Crippen molar-refractivity contribution in [3.8, 4) is 10.6 Å². The van der Waals surface area contributed by atoms with Crippen molar-refractivity contribution in [1.29, 1.82) is 0 Å². The molecule has 1 aromatic heterocycles. The molecule has 0 saturated heterocycles. The number of halogens is 2. The van der Waals surface area contributed by atoms with Gasteiger partial charge in [-0.1, -0.05) is 11.6 Å². The SMILES string of the molecule is COC(=O)CCc1csc(-c2ccc(F)cc2Cl)n1. The minimum absolute atomic E-state index is 0.269. The quantitative estimate of drug-likeness (QED) is 0.808. The number of aryl methyl sites for hydroxylation is 1. The highest BCUT2D eigenvalue weighted by Gasteiger charge is 2.10. The van der Waals surface area contributed by atoms with E-state index in [9.17, 15) is 9.18 Å². The number of thiazole rings is 1. The minimum Gasteiger partial charge on any atom is -0.469 e. The smallest absolute Gasteiger partial charge is 0.305 e. The van der Waals surface area contributed by atoms with Gasteiger partial charge >= 0.3 is 5.97 Å². The van der Waals surface area contributed by atoms with Crippen LogP contribution in [0.15, 0.2) is 23.6 Å². The van der Waals surface area contributed by atoms with E-state index in [1.165, 1.54) is 30.6 Å². The zero-order valence-corrected chi connectivity index (χ0v) is 11.7. The third kappa shape index (κ3) is 3.52. The van der Waals surface area contributed by atoms with Crippen molar-refractivity contribution in [2.45, 2.75) is 12.8 Å². The molecule has 2 rings (SSSR count). The average molecular weight is 300 g/mol. The number of carbonyl (C=O) groups excluding carboxylic acids is 1. The first-order chi connectivity index (χ1) is 9.10. The number of nitrogens with zero attached hydrogens (tertiary/aromatic N) is 1. The third-order valence-corrected chi connectivity index (χ3v) is 3.76. The Bertz CT molecular complexity index is 600. The monoisotopic (exact) mass is 299 g/mol. The number of hydrogen-bond donors (Lipinski definition) is 0. The first-order valence-corrected chi connectivity index (χ1v) is 6.82. The van der Waals surface area contributed by atoms with Crippen molar-refractivity contribution in [1.82, 2.24) is 4.98 Å².